The third-order valence-corrected chi connectivity index (χ3v) is 3.14. The smallest absolute Gasteiger partial charge is 0.308 e. The standard InChI is InChI=1S/C9H15NO2.ClH/c1-12-9(11)8-3-6-2-7(8)5-10-4-6;/h6-8,10H,2-5H2,1H3;1H/t6-,7-,8+;/m0./s1. The van der Waals surface area contributed by atoms with Gasteiger partial charge in [-0.05, 0) is 37.8 Å². The Labute approximate surface area is 84.6 Å². The number of esters is 1. The maximum atomic E-state index is 11.3. The molecule has 1 saturated carbocycles. The number of carbonyl (C=O) groups is 1. The molecule has 0 aromatic rings. The number of rotatable bonds is 1. The molecular formula is C9H16ClNO2. The van der Waals surface area contributed by atoms with Gasteiger partial charge in [-0.25, -0.2) is 0 Å². The van der Waals surface area contributed by atoms with E-state index in [4.69, 9.17) is 4.74 Å². The van der Waals surface area contributed by atoms with Gasteiger partial charge in [-0.3, -0.25) is 4.79 Å². The van der Waals surface area contributed by atoms with Crippen LogP contribution < -0.4 is 5.32 Å². The van der Waals surface area contributed by atoms with E-state index >= 15 is 0 Å². The Morgan fingerprint density at radius 2 is 2.15 bits per heavy atom. The van der Waals surface area contributed by atoms with Crippen LogP contribution in [-0.2, 0) is 9.53 Å². The number of methoxy groups -OCH3 is 1. The minimum absolute atomic E-state index is 0. The lowest BCUT2D eigenvalue weighted by Crippen LogP contribution is -2.33. The van der Waals surface area contributed by atoms with Crippen LogP contribution in [0.25, 0.3) is 0 Å². The van der Waals surface area contributed by atoms with Crippen molar-refractivity contribution in [1.82, 2.24) is 5.32 Å². The molecular weight excluding hydrogens is 190 g/mol. The van der Waals surface area contributed by atoms with E-state index in [0.29, 0.717) is 11.8 Å². The van der Waals surface area contributed by atoms with E-state index in [9.17, 15) is 4.79 Å². The summed E-state index contributed by atoms with van der Waals surface area (Å²) in [6.07, 6.45) is 2.25. The maximum Gasteiger partial charge on any atom is 0.308 e. The van der Waals surface area contributed by atoms with Crippen molar-refractivity contribution in [3.05, 3.63) is 0 Å². The molecule has 0 aromatic carbocycles. The second-order valence-corrected chi connectivity index (χ2v) is 3.89. The molecule has 13 heavy (non-hydrogen) atoms. The van der Waals surface area contributed by atoms with Gasteiger partial charge in [0.1, 0.15) is 0 Å². The molecule has 3 nitrogen and oxygen atoms in total. The van der Waals surface area contributed by atoms with Crippen LogP contribution in [0.5, 0.6) is 0 Å². The Morgan fingerprint density at radius 1 is 1.38 bits per heavy atom. The molecule has 2 aliphatic rings. The molecule has 2 bridgehead atoms. The van der Waals surface area contributed by atoms with Crippen molar-refractivity contribution >= 4 is 18.4 Å². The molecule has 0 amide bonds. The topological polar surface area (TPSA) is 38.3 Å². The molecule has 1 aliphatic carbocycles. The monoisotopic (exact) mass is 205 g/mol. The lowest BCUT2D eigenvalue weighted by Gasteiger charge is -2.20. The van der Waals surface area contributed by atoms with E-state index in [-0.39, 0.29) is 24.3 Å². The van der Waals surface area contributed by atoms with Crippen LogP contribution in [0.2, 0.25) is 0 Å². The Bertz CT molecular complexity index is 198. The molecule has 4 heteroatoms. The highest BCUT2D eigenvalue weighted by molar-refractivity contribution is 5.85. The van der Waals surface area contributed by atoms with Crippen molar-refractivity contribution < 1.29 is 9.53 Å². The number of ether oxygens (including phenoxy) is 1. The van der Waals surface area contributed by atoms with Gasteiger partial charge in [-0.2, -0.15) is 0 Å². The number of nitrogens with one attached hydrogen (secondary N) is 1. The van der Waals surface area contributed by atoms with Crippen LogP contribution in [0.4, 0.5) is 0 Å². The van der Waals surface area contributed by atoms with Gasteiger partial charge in [0.15, 0.2) is 0 Å². The van der Waals surface area contributed by atoms with Crippen LogP contribution in [0.15, 0.2) is 0 Å². The quantitative estimate of drug-likeness (QED) is 0.645. The molecule has 1 N–H and O–H groups in total. The Kier molecular flexibility index (Phi) is 3.56. The number of fused-ring (bicyclic) bond motifs is 2. The number of piperidine rings is 1. The normalized spacial score (nSPS) is 36.5. The summed E-state index contributed by atoms with van der Waals surface area (Å²) in [5.74, 6) is 1.42. The first kappa shape index (κ1) is 10.8. The fourth-order valence-electron chi connectivity index (χ4n) is 2.55. The van der Waals surface area contributed by atoms with Crippen LogP contribution in [0, 0.1) is 17.8 Å². The summed E-state index contributed by atoms with van der Waals surface area (Å²) in [7, 11) is 1.48. The average molecular weight is 206 g/mol. The number of hydrogen-bond donors (Lipinski definition) is 1. The summed E-state index contributed by atoms with van der Waals surface area (Å²) in [4.78, 5) is 11.3. The van der Waals surface area contributed by atoms with Crippen molar-refractivity contribution in [3.63, 3.8) is 0 Å². The van der Waals surface area contributed by atoms with Gasteiger partial charge >= 0.3 is 5.97 Å². The van der Waals surface area contributed by atoms with E-state index in [0.717, 1.165) is 19.5 Å². The number of carbonyl (C=O) groups excluding carboxylic acids is 1. The van der Waals surface area contributed by atoms with Crippen LogP contribution in [0.1, 0.15) is 12.8 Å². The summed E-state index contributed by atoms with van der Waals surface area (Å²) in [5.41, 5.74) is 0. The van der Waals surface area contributed by atoms with Gasteiger partial charge in [-0.15, -0.1) is 12.4 Å². The molecule has 3 atom stereocenters. The second-order valence-electron chi connectivity index (χ2n) is 3.89. The van der Waals surface area contributed by atoms with Gasteiger partial charge < -0.3 is 10.1 Å². The zero-order chi connectivity index (χ0) is 8.55. The fourth-order valence-corrected chi connectivity index (χ4v) is 2.55. The van der Waals surface area contributed by atoms with E-state index in [2.05, 4.69) is 5.32 Å². The first-order valence-corrected chi connectivity index (χ1v) is 4.60. The lowest BCUT2D eigenvalue weighted by atomic mass is 9.95. The predicted octanol–water partition coefficient (Wildman–Crippen LogP) is 0.827. The fraction of sp³-hybridized carbons (Fsp3) is 0.889. The summed E-state index contributed by atoms with van der Waals surface area (Å²) in [5, 5.41) is 3.35. The molecule has 2 fully saturated rings. The third-order valence-electron chi connectivity index (χ3n) is 3.14. The van der Waals surface area contributed by atoms with Gasteiger partial charge in [0.05, 0.1) is 13.0 Å². The Hall–Kier alpha value is -0.280. The predicted molar refractivity (Wildman–Crippen MR) is 51.8 cm³/mol. The zero-order valence-electron chi connectivity index (χ0n) is 7.79. The van der Waals surface area contributed by atoms with Crippen molar-refractivity contribution in [3.8, 4) is 0 Å². The third kappa shape index (κ3) is 1.97. The first-order chi connectivity index (χ1) is 5.81. The summed E-state index contributed by atoms with van der Waals surface area (Å²) in [6.45, 7) is 2.08. The van der Waals surface area contributed by atoms with Crippen molar-refractivity contribution in [1.29, 1.82) is 0 Å². The minimum Gasteiger partial charge on any atom is -0.469 e. The summed E-state index contributed by atoms with van der Waals surface area (Å²) < 4.78 is 4.78. The van der Waals surface area contributed by atoms with Gasteiger partial charge in [0.2, 0.25) is 0 Å². The molecule has 0 aromatic heterocycles. The van der Waals surface area contributed by atoms with Gasteiger partial charge in [-0.1, -0.05) is 0 Å². The minimum atomic E-state index is -0.00815. The molecule has 1 heterocycles. The lowest BCUT2D eigenvalue weighted by molar-refractivity contribution is -0.146. The number of hydrogen-bond acceptors (Lipinski definition) is 3. The van der Waals surface area contributed by atoms with Gasteiger partial charge in [0, 0.05) is 0 Å². The first-order valence-electron chi connectivity index (χ1n) is 4.60. The molecule has 76 valence electrons. The summed E-state index contributed by atoms with van der Waals surface area (Å²) in [6, 6.07) is 0. The molecule has 0 spiro atoms. The highest BCUT2D eigenvalue weighted by atomic mass is 35.5. The molecule has 0 radical (unpaired) electrons. The molecule has 2 rings (SSSR count). The van der Waals surface area contributed by atoms with E-state index in [1.54, 1.807) is 0 Å². The molecule has 1 aliphatic heterocycles. The van der Waals surface area contributed by atoms with Crippen LogP contribution >= 0.6 is 12.4 Å². The van der Waals surface area contributed by atoms with E-state index in [1.807, 2.05) is 0 Å². The maximum absolute atomic E-state index is 11.3. The largest absolute Gasteiger partial charge is 0.469 e. The van der Waals surface area contributed by atoms with Crippen molar-refractivity contribution in [2.24, 2.45) is 17.8 Å². The Balaban J connectivity index is 0.000000845. The SMILES string of the molecule is COC(=O)[C@@H]1C[C@H]2CNC[C@@H]1C2.Cl. The average Bonchev–Trinajstić information content (AvgIpc) is 2.40. The molecule has 1 saturated heterocycles. The highest BCUT2D eigenvalue weighted by Crippen LogP contribution is 2.38. The van der Waals surface area contributed by atoms with Crippen LogP contribution in [-0.4, -0.2) is 26.2 Å². The van der Waals surface area contributed by atoms with Crippen molar-refractivity contribution in [2.45, 2.75) is 12.8 Å². The van der Waals surface area contributed by atoms with Crippen LogP contribution in [0.3, 0.4) is 0 Å². The number of halogens is 1. The van der Waals surface area contributed by atoms with E-state index in [1.165, 1.54) is 13.5 Å². The van der Waals surface area contributed by atoms with Gasteiger partial charge in [0.25, 0.3) is 0 Å². The second kappa shape index (κ2) is 4.29. The summed E-state index contributed by atoms with van der Waals surface area (Å²) >= 11 is 0. The van der Waals surface area contributed by atoms with E-state index < -0.39 is 0 Å². The van der Waals surface area contributed by atoms with Crippen molar-refractivity contribution in [2.75, 3.05) is 20.2 Å². The Morgan fingerprint density at radius 3 is 2.77 bits per heavy atom. The zero-order valence-corrected chi connectivity index (χ0v) is 8.60. The highest BCUT2D eigenvalue weighted by Gasteiger charge is 2.41. The molecule has 0 unspecified atom stereocenters.